The van der Waals surface area contributed by atoms with Gasteiger partial charge in [-0.05, 0) is 43.9 Å². The largest absolute Gasteiger partial charge is 0.309 e. The van der Waals surface area contributed by atoms with Crippen LogP contribution in [0.25, 0.3) is 0 Å². The smallest absolute Gasteiger partial charge is 0.226 e. The van der Waals surface area contributed by atoms with Crippen molar-refractivity contribution in [2.45, 2.75) is 52.5 Å². The summed E-state index contributed by atoms with van der Waals surface area (Å²) >= 11 is 0. The minimum Gasteiger partial charge on any atom is -0.309 e. The van der Waals surface area contributed by atoms with E-state index in [9.17, 15) is 4.79 Å². The van der Waals surface area contributed by atoms with Crippen molar-refractivity contribution in [3.8, 4) is 0 Å². The van der Waals surface area contributed by atoms with E-state index in [1.807, 2.05) is 30.0 Å². The van der Waals surface area contributed by atoms with Gasteiger partial charge in [0.2, 0.25) is 5.91 Å². The standard InChI is InChI=1S/C19H30N2O/c1-4-19(22)21(17-8-6-5-7-9-17)18-11-14-20(15-12-18)13-10-16(2)3/h5-9,16,18H,4,10-15H2,1-3H3. The van der Waals surface area contributed by atoms with E-state index in [1.165, 1.54) is 13.0 Å². The fourth-order valence-corrected chi connectivity index (χ4v) is 3.16. The molecule has 1 aromatic rings. The molecule has 0 bridgehead atoms. The molecule has 1 fully saturated rings. The summed E-state index contributed by atoms with van der Waals surface area (Å²) in [6.45, 7) is 9.93. The van der Waals surface area contributed by atoms with Gasteiger partial charge in [-0.2, -0.15) is 0 Å². The molecule has 0 atom stereocenters. The molecule has 3 nitrogen and oxygen atoms in total. The van der Waals surface area contributed by atoms with Crippen LogP contribution in [0.5, 0.6) is 0 Å². The molecule has 1 aromatic carbocycles. The van der Waals surface area contributed by atoms with Crippen LogP contribution >= 0.6 is 0 Å². The fraction of sp³-hybridized carbons (Fsp3) is 0.632. The SMILES string of the molecule is CCC(=O)N(c1ccccc1)C1CCN(CCC(C)C)CC1. The maximum atomic E-state index is 12.4. The van der Waals surface area contributed by atoms with Gasteiger partial charge in [-0.25, -0.2) is 0 Å². The zero-order valence-electron chi connectivity index (χ0n) is 14.3. The third-order valence-corrected chi connectivity index (χ3v) is 4.55. The number of piperidine rings is 1. The Morgan fingerprint density at radius 3 is 2.41 bits per heavy atom. The lowest BCUT2D eigenvalue weighted by Gasteiger charge is -2.38. The molecular formula is C19H30N2O. The van der Waals surface area contributed by atoms with Crippen molar-refractivity contribution in [3.63, 3.8) is 0 Å². The van der Waals surface area contributed by atoms with Gasteiger partial charge in [0.1, 0.15) is 0 Å². The van der Waals surface area contributed by atoms with Crippen LogP contribution in [-0.4, -0.2) is 36.5 Å². The monoisotopic (exact) mass is 302 g/mol. The molecule has 1 aliphatic heterocycles. The van der Waals surface area contributed by atoms with Crippen LogP contribution in [0.15, 0.2) is 30.3 Å². The third-order valence-electron chi connectivity index (χ3n) is 4.55. The van der Waals surface area contributed by atoms with E-state index in [4.69, 9.17) is 0 Å². The van der Waals surface area contributed by atoms with E-state index in [0.29, 0.717) is 12.5 Å². The van der Waals surface area contributed by atoms with Gasteiger partial charge in [-0.15, -0.1) is 0 Å². The molecule has 0 aromatic heterocycles. The Bertz CT molecular complexity index is 450. The Labute approximate surface area is 135 Å². The number of likely N-dealkylation sites (tertiary alicyclic amines) is 1. The van der Waals surface area contributed by atoms with Crippen molar-refractivity contribution in [2.24, 2.45) is 5.92 Å². The lowest BCUT2D eigenvalue weighted by Crippen LogP contribution is -2.47. The average molecular weight is 302 g/mol. The summed E-state index contributed by atoms with van der Waals surface area (Å²) in [6.07, 6.45) is 4.00. The van der Waals surface area contributed by atoms with E-state index in [1.54, 1.807) is 0 Å². The van der Waals surface area contributed by atoms with Crippen LogP contribution < -0.4 is 4.90 Å². The van der Waals surface area contributed by atoms with Gasteiger partial charge in [-0.3, -0.25) is 4.79 Å². The molecule has 1 heterocycles. The Morgan fingerprint density at radius 1 is 1.23 bits per heavy atom. The zero-order chi connectivity index (χ0) is 15.9. The maximum absolute atomic E-state index is 12.4. The lowest BCUT2D eigenvalue weighted by molar-refractivity contribution is -0.119. The number of nitrogens with zero attached hydrogens (tertiary/aromatic N) is 2. The van der Waals surface area contributed by atoms with Crippen LogP contribution in [0, 0.1) is 5.92 Å². The molecule has 0 N–H and O–H groups in total. The predicted octanol–water partition coefficient (Wildman–Crippen LogP) is 3.94. The number of para-hydroxylation sites is 1. The number of rotatable bonds is 6. The second kappa shape index (κ2) is 8.33. The summed E-state index contributed by atoms with van der Waals surface area (Å²) in [5, 5.41) is 0. The second-order valence-corrected chi connectivity index (χ2v) is 6.71. The lowest BCUT2D eigenvalue weighted by atomic mass is 10.0. The molecule has 0 saturated carbocycles. The molecule has 1 amide bonds. The highest BCUT2D eigenvalue weighted by atomic mass is 16.2. The van der Waals surface area contributed by atoms with Crippen molar-refractivity contribution in [2.75, 3.05) is 24.5 Å². The number of benzene rings is 1. The quantitative estimate of drug-likeness (QED) is 0.794. The van der Waals surface area contributed by atoms with E-state index >= 15 is 0 Å². The molecule has 0 spiro atoms. The molecule has 0 unspecified atom stereocenters. The molecule has 1 aliphatic rings. The van der Waals surface area contributed by atoms with Gasteiger partial charge in [0.05, 0.1) is 0 Å². The molecule has 0 aliphatic carbocycles. The summed E-state index contributed by atoms with van der Waals surface area (Å²) in [4.78, 5) is 17.0. The summed E-state index contributed by atoms with van der Waals surface area (Å²) in [5.41, 5.74) is 1.05. The number of hydrogen-bond donors (Lipinski definition) is 0. The van der Waals surface area contributed by atoms with Crippen LogP contribution in [0.3, 0.4) is 0 Å². The Balaban J connectivity index is 1.98. The molecule has 3 heteroatoms. The van der Waals surface area contributed by atoms with E-state index in [-0.39, 0.29) is 5.91 Å². The Morgan fingerprint density at radius 2 is 1.86 bits per heavy atom. The first-order valence-electron chi connectivity index (χ1n) is 8.71. The Hall–Kier alpha value is -1.35. The normalized spacial score (nSPS) is 16.9. The first-order chi connectivity index (χ1) is 10.6. The number of carbonyl (C=O) groups excluding carboxylic acids is 1. The van der Waals surface area contributed by atoms with Crippen molar-refractivity contribution in [1.29, 1.82) is 0 Å². The summed E-state index contributed by atoms with van der Waals surface area (Å²) in [5.74, 6) is 1.01. The van der Waals surface area contributed by atoms with Crippen LogP contribution in [0.1, 0.15) is 46.5 Å². The first-order valence-corrected chi connectivity index (χ1v) is 8.71. The third kappa shape index (κ3) is 4.57. The van der Waals surface area contributed by atoms with Gasteiger partial charge in [0.25, 0.3) is 0 Å². The van der Waals surface area contributed by atoms with Gasteiger partial charge in [0, 0.05) is 31.2 Å². The maximum Gasteiger partial charge on any atom is 0.226 e. The van der Waals surface area contributed by atoms with Crippen molar-refractivity contribution >= 4 is 11.6 Å². The number of hydrogen-bond acceptors (Lipinski definition) is 2. The number of amides is 1. The van der Waals surface area contributed by atoms with Crippen LogP contribution in [0.2, 0.25) is 0 Å². The van der Waals surface area contributed by atoms with Gasteiger partial charge in [0.15, 0.2) is 0 Å². The van der Waals surface area contributed by atoms with E-state index in [0.717, 1.165) is 37.5 Å². The van der Waals surface area contributed by atoms with Crippen LogP contribution in [-0.2, 0) is 4.79 Å². The van der Waals surface area contributed by atoms with Crippen LogP contribution in [0.4, 0.5) is 5.69 Å². The Kier molecular flexibility index (Phi) is 6.44. The average Bonchev–Trinajstić information content (AvgIpc) is 2.55. The van der Waals surface area contributed by atoms with Gasteiger partial charge in [-0.1, -0.05) is 39.0 Å². The van der Waals surface area contributed by atoms with Crippen molar-refractivity contribution < 1.29 is 4.79 Å². The fourth-order valence-electron chi connectivity index (χ4n) is 3.16. The van der Waals surface area contributed by atoms with E-state index < -0.39 is 0 Å². The van der Waals surface area contributed by atoms with Crippen molar-refractivity contribution in [3.05, 3.63) is 30.3 Å². The number of anilines is 1. The van der Waals surface area contributed by atoms with Gasteiger partial charge >= 0.3 is 0 Å². The first kappa shape index (κ1) is 17.0. The highest BCUT2D eigenvalue weighted by Gasteiger charge is 2.28. The van der Waals surface area contributed by atoms with Gasteiger partial charge < -0.3 is 9.80 Å². The zero-order valence-corrected chi connectivity index (χ0v) is 14.3. The topological polar surface area (TPSA) is 23.6 Å². The molecule has 122 valence electrons. The summed E-state index contributed by atoms with van der Waals surface area (Å²) in [6, 6.07) is 10.5. The van der Waals surface area contributed by atoms with Crippen molar-refractivity contribution in [1.82, 2.24) is 4.90 Å². The molecule has 0 radical (unpaired) electrons. The highest BCUT2D eigenvalue weighted by molar-refractivity contribution is 5.93. The highest BCUT2D eigenvalue weighted by Crippen LogP contribution is 2.24. The summed E-state index contributed by atoms with van der Waals surface area (Å²) < 4.78 is 0. The van der Waals surface area contributed by atoms with E-state index in [2.05, 4.69) is 30.9 Å². The second-order valence-electron chi connectivity index (χ2n) is 6.71. The molecule has 22 heavy (non-hydrogen) atoms. The molecule has 2 rings (SSSR count). The molecular weight excluding hydrogens is 272 g/mol. The minimum absolute atomic E-state index is 0.242. The molecule has 1 saturated heterocycles. The number of carbonyl (C=O) groups is 1. The minimum atomic E-state index is 0.242. The predicted molar refractivity (Wildman–Crippen MR) is 93.1 cm³/mol. The summed E-state index contributed by atoms with van der Waals surface area (Å²) in [7, 11) is 0.